The van der Waals surface area contributed by atoms with E-state index in [1.165, 1.54) is 4.90 Å². The van der Waals surface area contributed by atoms with E-state index in [4.69, 9.17) is 10.2 Å². The molecule has 0 radical (unpaired) electrons. The van der Waals surface area contributed by atoms with Crippen LogP contribution in [0.2, 0.25) is 0 Å². The van der Waals surface area contributed by atoms with Crippen molar-refractivity contribution in [2.24, 2.45) is 0 Å². The summed E-state index contributed by atoms with van der Waals surface area (Å²) in [6.07, 6.45) is -6.38. The van der Waals surface area contributed by atoms with E-state index < -0.39 is 35.7 Å². The molecule has 0 aromatic heterocycles. The monoisotopic (exact) mass is 295 g/mol. The average molecular weight is 295 g/mol. The molecule has 0 aromatic rings. The summed E-state index contributed by atoms with van der Waals surface area (Å²) in [6.45, 7) is -0.809. The first-order chi connectivity index (χ1) is 7.31. The Labute approximate surface area is 134 Å². The molecule has 17 heavy (non-hydrogen) atoms. The normalized spacial score (nSPS) is 18.7. The largest absolute Gasteiger partial charge is 1.00 e. The Hall–Kier alpha value is 1.46. The summed E-state index contributed by atoms with van der Waals surface area (Å²) >= 11 is 7.93. The molecule has 0 bridgehead atoms. The van der Waals surface area contributed by atoms with Crippen LogP contribution < -0.4 is 34.7 Å². The molecule has 0 rings (SSSR count). The van der Waals surface area contributed by atoms with Crippen molar-refractivity contribution in [3.8, 4) is 0 Å². The Bertz CT molecular complexity index is 203. The number of thiol groups is 2. The van der Waals surface area contributed by atoms with Crippen LogP contribution in [0.4, 0.5) is 0 Å². The van der Waals surface area contributed by atoms with Crippen LogP contribution in [-0.4, -0.2) is 74.6 Å². The SMILES string of the molecule is CN(C[C@H]([O-])[C@@H](O)[C@H](O)[C@H](O)CO)C(S)S.[Na+]. The van der Waals surface area contributed by atoms with Gasteiger partial charge >= 0.3 is 29.6 Å². The minimum absolute atomic E-state index is 0. The van der Waals surface area contributed by atoms with Crippen LogP contribution in [0.15, 0.2) is 0 Å². The zero-order chi connectivity index (χ0) is 12.9. The van der Waals surface area contributed by atoms with E-state index in [0.29, 0.717) is 0 Å². The molecule has 0 aliphatic carbocycles. The molecule has 9 heteroatoms. The van der Waals surface area contributed by atoms with Gasteiger partial charge in [0.15, 0.2) is 0 Å². The van der Waals surface area contributed by atoms with Crippen molar-refractivity contribution in [2.45, 2.75) is 29.1 Å². The van der Waals surface area contributed by atoms with Gasteiger partial charge in [-0.15, -0.1) is 25.3 Å². The smallest absolute Gasteiger partial charge is 0.849 e. The fourth-order valence-corrected chi connectivity index (χ4v) is 1.23. The molecule has 0 saturated heterocycles. The first kappa shape index (κ1) is 20.8. The molecule has 0 amide bonds. The molecule has 4 N–H and O–H groups in total. The Morgan fingerprint density at radius 2 is 1.65 bits per heavy atom. The van der Waals surface area contributed by atoms with Gasteiger partial charge in [0.05, 0.1) is 17.4 Å². The predicted octanol–water partition coefficient (Wildman–Crippen LogP) is -6.13. The Balaban J connectivity index is 0. The van der Waals surface area contributed by atoms with Crippen molar-refractivity contribution in [1.29, 1.82) is 0 Å². The van der Waals surface area contributed by atoms with Gasteiger partial charge in [0, 0.05) is 0 Å². The molecule has 6 nitrogen and oxygen atoms in total. The third kappa shape index (κ3) is 7.58. The van der Waals surface area contributed by atoms with Gasteiger partial charge in [-0.2, -0.15) is 0 Å². The number of likely N-dealkylation sites (N-methyl/N-ethyl adjacent to an activating group) is 1. The van der Waals surface area contributed by atoms with Crippen molar-refractivity contribution >= 4 is 25.3 Å². The minimum Gasteiger partial charge on any atom is -0.849 e. The fourth-order valence-electron chi connectivity index (χ4n) is 1.04. The van der Waals surface area contributed by atoms with Crippen LogP contribution in [0, 0.1) is 0 Å². The van der Waals surface area contributed by atoms with Gasteiger partial charge in [-0.1, -0.05) is 6.10 Å². The van der Waals surface area contributed by atoms with E-state index >= 15 is 0 Å². The molecule has 0 aliphatic rings. The summed E-state index contributed by atoms with van der Waals surface area (Å²) in [6, 6.07) is 0. The zero-order valence-electron chi connectivity index (χ0n) is 9.84. The number of hydrogen-bond donors (Lipinski definition) is 6. The molecule has 98 valence electrons. The number of hydrogen-bond acceptors (Lipinski definition) is 8. The molecule has 4 atom stereocenters. The average Bonchev–Trinajstić information content (AvgIpc) is 2.25. The van der Waals surface area contributed by atoms with E-state index in [-0.39, 0.29) is 36.1 Å². The van der Waals surface area contributed by atoms with Gasteiger partial charge in [-0.25, -0.2) is 0 Å². The van der Waals surface area contributed by atoms with Crippen molar-refractivity contribution in [3.63, 3.8) is 0 Å². The topological polar surface area (TPSA) is 107 Å². The number of rotatable bonds is 7. The predicted molar refractivity (Wildman–Crippen MR) is 63.3 cm³/mol. The maximum Gasteiger partial charge on any atom is 1.00 e. The van der Waals surface area contributed by atoms with Crippen molar-refractivity contribution in [2.75, 3.05) is 20.2 Å². The fraction of sp³-hybridized carbons (Fsp3) is 1.00. The number of aliphatic hydroxyl groups is 4. The van der Waals surface area contributed by atoms with E-state index in [1.807, 2.05) is 0 Å². The van der Waals surface area contributed by atoms with Gasteiger partial charge in [0.25, 0.3) is 0 Å². The number of aliphatic hydroxyl groups excluding tert-OH is 4. The third-order valence-electron chi connectivity index (χ3n) is 2.17. The van der Waals surface area contributed by atoms with Crippen LogP contribution in [0.25, 0.3) is 0 Å². The van der Waals surface area contributed by atoms with Crippen LogP contribution in [0.1, 0.15) is 0 Å². The van der Waals surface area contributed by atoms with Crippen LogP contribution in [-0.2, 0) is 0 Å². The van der Waals surface area contributed by atoms with Gasteiger partial charge in [0.1, 0.15) is 12.2 Å². The summed E-state index contributed by atoms with van der Waals surface area (Å²) in [5.41, 5.74) is 0. The Kier molecular flexibility index (Phi) is 12.6. The van der Waals surface area contributed by atoms with Crippen molar-refractivity contribution in [3.05, 3.63) is 0 Å². The second-order valence-corrected chi connectivity index (χ2v) is 4.94. The van der Waals surface area contributed by atoms with E-state index in [9.17, 15) is 15.3 Å². The van der Waals surface area contributed by atoms with Crippen LogP contribution in [0.5, 0.6) is 0 Å². The maximum absolute atomic E-state index is 11.5. The molecular formula is C8H18NNaO5S2. The quantitative estimate of drug-likeness (QED) is 0.159. The molecule has 0 heterocycles. The summed E-state index contributed by atoms with van der Waals surface area (Å²) in [5, 5.41) is 47.8. The summed E-state index contributed by atoms with van der Waals surface area (Å²) in [7, 11) is 1.58. The van der Waals surface area contributed by atoms with Gasteiger partial charge in [0.2, 0.25) is 0 Å². The van der Waals surface area contributed by atoms with Crippen molar-refractivity contribution in [1.82, 2.24) is 4.90 Å². The second-order valence-electron chi connectivity index (χ2n) is 3.56. The minimum atomic E-state index is -1.67. The molecule has 0 unspecified atom stereocenters. The summed E-state index contributed by atoms with van der Waals surface area (Å²) in [5.74, 6) is 0. The van der Waals surface area contributed by atoms with E-state index in [0.717, 1.165) is 0 Å². The molecule has 0 spiro atoms. The van der Waals surface area contributed by atoms with Crippen LogP contribution in [0.3, 0.4) is 0 Å². The first-order valence-electron chi connectivity index (χ1n) is 4.68. The summed E-state index contributed by atoms with van der Waals surface area (Å²) in [4.78, 5) is 1.46. The maximum atomic E-state index is 11.5. The Morgan fingerprint density at radius 1 is 1.18 bits per heavy atom. The van der Waals surface area contributed by atoms with E-state index in [2.05, 4.69) is 25.3 Å². The van der Waals surface area contributed by atoms with Gasteiger partial charge in [-0.05, 0) is 13.6 Å². The molecule has 0 aromatic carbocycles. The second kappa shape index (κ2) is 10.3. The Morgan fingerprint density at radius 3 is 2.00 bits per heavy atom. The molecule has 0 aliphatic heterocycles. The molecule has 0 saturated carbocycles. The molecular weight excluding hydrogens is 277 g/mol. The van der Waals surface area contributed by atoms with Gasteiger partial charge in [-0.3, -0.25) is 4.90 Å². The van der Waals surface area contributed by atoms with Gasteiger partial charge < -0.3 is 25.5 Å². The third-order valence-corrected chi connectivity index (χ3v) is 2.96. The van der Waals surface area contributed by atoms with Crippen LogP contribution >= 0.6 is 25.3 Å². The van der Waals surface area contributed by atoms with Crippen molar-refractivity contribution < 1.29 is 55.1 Å². The summed E-state index contributed by atoms with van der Waals surface area (Å²) < 4.78 is -0.455. The number of nitrogens with zero attached hydrogens (tertiary/aromatic N) is 1. The zero-order valence-corrected chi connectivity index (χ0v) is 13.6. The first-order valence-corrected chi connectivity index (χ1v) is 5.71. The standard InChI is InChI=1S/C8H18NO5S2.Na/c1-9(8(15)16)2-4(11)6(13)7(14)5(12)3-10;/h4-8,10,12-16H,2-3H2,1H3;/q-1;+1/t4-,5+,6+,7+;/m0./s1. The molecule has 0 fully saturated rings. The van der Waals surface area contributed by atoms with E-state index in [1.54, 1.807) is 7.05 Å².